The Bertz CT molecular complexity index is 1210. The highest BCUT2D eigenvalue weighted by molar-refractivity contribution is 6.33. The van der Waals surface area contributed by atoms with Crippen LogP contribution >= 0.6 is 11.6 Å². The van der Waals surface area contributed by atoms with E-state index < -0.39 is 0 Å². The van der Waals surface area contributed by atoms with E-state index in [0.717, 1.165) is 63.1 Å². The molecule has 36 heavy (non-hydrogen) atoms. The van der Waals surface area contributed by atoms with Gasteiger partial charge in [-0.2, -0.15) is 4.98 Å². The van der Waals surface area contributed by atoms with Crippen molar-refractivity contribution in [3.63, 3.8) is 0 Å². The van der Waals surface area contributed by atoms with Crippen LogP contribution in [0.3, 0.4) is 0 Å². The lowest BCUT2D eigenvalue weighted by molar-refractivity contribution is -0.121. The van der Waals surface area contributed by atoms with Crippen molar-refractivity contribution in [2.24, 2.45) is 5.92 Å². The van der Waals surface area contributed by atoms with Gasteiger partial charge in [0.25, 0.3) is 6.01 Å². The molecule has 5 rings (SSSR count). The monoisotopic (exact) mass is 511 g/mol. The second kappa shape index (κ2) is 10.3. The molecule has 2 N–H and O–H groups in total. The zero-order valence-electron chi connectivity index (χ0n) is 21.1. The van der Waals surface area contributed by atoms with E-state index in [4.69, 9.17) is 26.1 Å². The third-order valence-corrected chi connectivity index (χ3v) is 7.68. The van der Waals surface area contributed by atoms with Gasteiger partial charge in [0.2, 0.25) is 5.91 Å². The number of anilines is 1. The van der Waals surface area contributed by atoms with Crippen molar-refractivity contribution in [1.82, 2.24) is 20.3 Å². The third-order valence-electron chi connectivity index (χ3n) is 7.39. The fraction of sp³-hybridized carbons (Fsp3) is 0.519. The second-order valence-corrected chi connectivity index (χ2v) is 10.8. The zero-order chi connectivity index (χ0) is 25.3. The molecule has 0 radical (unpaired) electrons. The molecule has 1 saturated carbocycles. The summed E-state index contributed by atoms with van der Waals surface area (Å²) in [6.45, 7) is 9.08. The van der Waals surface area contributed by atoms with E-state index in [1.54, 1.807) is 6.92 Å². The Labute approximate surface area is 216 Å². The molecule has 0 bridgehead atoms. The molecule has 3 aromatic rings. The molecule has 1 aliphatic carbocycles. The zero-order valence-corrected chi connectivity index (χ0v) is 21.9. The summed E-state index contributed by atoms with van der Waals surface area (Å²) in [6.07, 6.45) is 3.90. The molecule has 0 spiro atoms. The molecule has 2 aromatic heterocycles. The van der Waals surface area contributed by atoms with Gasteiger partial charge in [0.1, 0.15) is 6.10 Å². The minimum Gasteiger partial charge on any atom is -0.461 e. The van der Waals surface area contributed by atoms with Crippen LogP contribution in [0.4, 0.5) is 5.69 Å². The maximum Gasteiger partial charge on any atom is 0.296 e. The fourth-order valence-electron chi connectivity index (χ4n) is 5.42. The number of pyridine rings is 1. The van der Waals surface area contributed by atoms with Crippen molar-refractivity contribution in [1.29, 1.82) is 0 Å². The number of aromatic amines is 1. The van der Waals surface area contributed by atoms with Crippen LogP contribution in [0, 0.1) is 5.92 Å². The van der Waals surface area contributed by atoms with Crippen molar-refractivity contribution in [3.05, 3.63) is 35.4 Å². The van der Waals surface area contributed by atoms with E-state index in [1.165, 1.54) is 5.69 Å². The minimum absolute atomic E-state index is 0.0132. The van der Waals surface area contributed by atoms with Crippen molar-refractivity contribution in [2.75, 3.05) is 31.2 Å². The molecule has 0 atom stereocenters. The number of aromatic nitrogens is 3. The number of carbonyl (C=O) groups is 1. The normalized spacial score (nSPS) is 20.9. The molecule has 1 amide bonds. The largest absolute Gasteiger partial charge is 0.461 e. The highest BCUT2D eigenvalue weighted by Crippen LogP contribution is 2.35. The predicted molar refractivity (Wildman–Crippen MR) is 142 cm³/mol. The van der Waals surface area contributed by atoms with Crippen molar-refractivity contribution >= 4 is 34.4 Å². The van der Waals surface area contributed by atoms with Crippen LogP contribution in [0.2, 0.25) is 5.02 Å². The van der Waals surface area contributed by atoms with Gasteiger partial charge in [-0.25, -0.2) is 4.98 Å². The molecule has 2 aliphatic rings. The van der Waals surface area contributed by atoms with Crippen LogP contribution in [0.5, 0.6) is 6.01 Å². The number of ether oxygens (including phenoxy) is 2. The number of benzene rings is 1. The molecule has 1 saturated heterocycles. The van der Waals surface area contributed by atoms with Gasteiger partial charge in [0, 0.05) is 36.8 Å². The standard InChI is InChI=1S/C27H34ClN5O3/c1-17(34)32-27(2,3)19-6-10-21(11-7-19)36-26-29-23-16-22(28)24(30-25(23)31-26)18-4-8-20(9-5-18)33-12-14-35-15-13-33/h4-5,8-9,16,19,21H,6-7,10-15H2,1-3H3,(H,32,34)(H,29,30,31)/t19-,21-. The number of halogens is 1. The van der Waals surface area contributed by atoms with E-state index in [1.807, 2.05) is 6.07 Å². The number of H-pyrrole nitrogens is 1. The number of morpholine rings is 1. The summed E-state index contributed by atoms with van der Waals surface area (Å²) in [5.41, 5.74) is 3.95. The fourth-order valence-corrected chi connectivity index (χ4v) is 5.68. The quantitative estimate of drug-likeness (QED) is 0.485. The van der Waals surface area contributed by atoms with Crippen LogP contribution in [-0.4, -0.2) is 58.8 Å². The maximum absolute atomic E-state index is 11.5. The average Bonchev–Trinajstić information content (AvgIpc) is 3.24. The summed E-state index contributed by atoms with van der Waals surface area (Å²) in [5.74, 6) is 0.439. The first kappa shape index (κ1) is 24.8. The number of nitrogens with zero attached hydrogens (tertiary/aromatic N) is 3. The number of fused-ring (bicyclic) bond motifs is 1. The summed E-state index contributed by atoms with van der Waals surface area (Å²) < 4.78 is 11.6. The van der Waals surface area contributed by atoms with Crippen LogP contribution in [0.1, 0.15) is 46.5 Å². The Kier molecular flexibility index (Phi) is 7.08. The lowest BCUT2D eigenvalue weighted by Crippen LogP contribution is -2.49. The van der Waals surface area contributed by atoms with Crippen molar-refractivity contribution in [3.8, 4) is 17.3 Å². The highest BCUT2D eigenvalue weighted by atomic mass is 35.5. The first-order chi connectivity index (χ1) is 17.3. The number of hydrogen-bond acceptors (Lipinski definition) is 6. The number of amides is 1. The second-order valence-electron chi connectivity index (χ2n) is 10.4. The third kappa shape index (κ3) is 5.44. The molecular formula is C27H34ClN5O3. The van der Waals surface area contributed by atoms with Crippen molar-refractivity contribution < 1.29 is 14.3 Å². The number of hydrogen-bond donors (Lipinski definition) is 2. The predicted octanol–water partition coefficient (Wildman–Crippen LogP) is 4.97. The maximum atomic E-state index is 11.5. The Morgan fingerprint density at radius 1 is 1.14 bits per heavy atom. The molecule has 192 valence electrons. The van der Waals surface area contributed by atoms with Gasteiger partial charge >= 0.3 is 0 Å². The van der Waals surface area contributed by atoms with Gasteiger partial charge in [-0.3, -0.25) is 4.79 Å². The Hall–Kier alpha value is -2.84. The Balaban J connectivity index is 1.26. The van der Waals surface area contributed by atoms with E-state index >= 15 is 0 Å². The summed E-state index contributed by atoms with van der Waals surface area (Å²) in [6, 6.07) is 10.6. The first-order valence-electron chi connectivity index (χ1n) is 12.7. The molecule has 1 aromatic carbocycles. The summed E-state index contributed by atoms with van der Waals surface area (Å²) >= 11 is 6.61. The molecule has 0 unspecified atom stereocenters. The summed E-state index contributed by atoms with van der Waals surface area (Å²) in [7, 11) is 0. The first-order valence-corrected chi connectivity index (χ1v) is 13.1. The van der Waals surface area contributed by atoms with Crippen LogP contribution in [-0.2, 0) is 9.53 Å². The van der Waals surface area contributed by atoms with Gasteiger partial charge in [-0.05, 0) is 63.6 Å². The molecule has 1 aliphatic heterocycles. The SMILES string of the molecule is CC(=O)NC(C)(C)[C@H]1CC[C@H](Oc2nc3nc(-c4ccc(N5CCOCC5)cc4)c(Cl)cc3[nH]2)CC1. The number of imidazole rings is 1. The van der Waals surface area contributed by atoms with E-state index in [2.05, 4.69) is 58.3 Å². The Morgan fingerprint density at radius 2 is 1.83 bits per heavy atom. The average molecular weight is 512 g/mol. The molecule has 2 fully saturated rings. The number of rotatable bonds is 6. The van der Waals surface area contributed by atoms with Gasteiger partial charge in [-0.15, -0.1) is 0 Å². The number of nitrogens with one attached hydrogen (secondary N) is 2. The van der Waals surface area contributed by atoms with Gasteiger partial charge in [0.15, 0.2) is 5.65 Å². The molecule has 8 nitrogen and oxygen atoms in total. The van der Waals surface area contributed by atoms with Gasteiger partial charge in [0.05, 0.1) is 29.4 Å². The van der Waals surface area contributed by atoms with Gasteiger partial charge in [-0.1, -0.05) is 23.7 Å². The highest BCUT2D eigenvalue weighted by Gasteiger charge is 2.34. The smallest absolute Gasteiger partial charge is 0.296 e. The van der Waals surface area contributed by atoms with Crippen LogP contribution in [0.15, 0.2) is 30.3 Å². The topological polar surface area (TPSA) is 92.4 Å². The van der Waals surface area contributed by atoms with Crippen LogP contribution < -0.4 is 15.0 Å². The lowest BCUT2D eigenvalue weighted by Gasteiger charge is -2.39. The minimum atomic E-state index is -0.215. The van der Waals surface area contributed by atoms with Crippen molar-refractivity contribution in [2.45, 2.75) is 58.1 Å². The number of carbonyl (C=O) groups excluding carboxylic acids is 1. The Morgan fingerprint density at radius 3 is 2.50 bits per heavy atom. The van der Waals surface area contributed by atoms with E-state index in [0.29, 0.717) is 28.3 Å². The van der Waals surface area contributed by atoms with E-state index in [9.17, 15) is 4.79 Å². The van der Waals surface area contributed by atoms with Crippen LogP contribution in [0.25, 0.3) is 22.4 Å². The van der Waals surface area contributed by atoms with Gasteiger partial charge < -0.3 is 24.7 Å². The molecular weight excluding hydrogens is 478 g/mol. The molecule has 3 heterocycles. The molecule has 9 heteroatoms. The lowest BCUT2D eigenvalue weighted by atomic mass is 9.76. The van der Waals surface area contributed by atoms with E-state index in [-0.39, 0.29) is 17.6 Å². The summed E-state index contributed by atoms with van der Waals surface area (Å²) in [5, 5.41) is 3.66. The summed E-state index contributed by atoms with van der Waals surface area (Å²) in [4.78, 5) is 26.4.